The Morgan fingerprint density at radius 3 is 2.62 bits per heavy atom. The van der Waals surface area contributed by atoms with E-state index in [1.165, 1.54) is 38.5 Å². The van der Waals surface area contributed by atoms with E-state index in [4.69, 9.17) is 4.74 Å². The molecule has 5 fully saturated rings. The van der Waals surface area contributed by atoms with Crippen LogP contribution in [0.1, 0.15) is 38.5 Å². The van der Waals surface area contributed by atoms with Gasteiger partial charge in [-0.1, -0.05) is 0 Å². The molecule has 4 bridgehead atoms. The summed E-state index contributed by atoms with van der Waals surface area (Å²) in [6.45, 7) is 4.69. The van der Waals surface area contributed by atoms with Gasteiger partial charge in [-0.15, -0.1) is 0 Å². The molecule has 5 N–H and O–H groups in total. The maximum absolute atomic E-state index is 12.6. The normalized spacial score (nSPS) is 43.4. The van der Waals surface area contributed by atoms with E-state index in [-0.39, 0.29) is 23.5 Å². The summed E-state index contributed by atoms with van der Waals surface area (Å²) < 4.78 is 5.45. The van der Waals surface area contributed by atoms with E-state index in [0.717, 1.165) is 37.4 Å². The Morgan fingerprint density at radius 2 is 1.97 bits per heavy atom. The fraction of sp³-hybridized carbons (Fsp3) is 0.905. The Balaban J connectivity index is 1.21. The van der Waals surface area contributed by atoms with Crippen LogP contribution >= 0.6 is 0 Å². The molecule has 2 heterocycles. The summed E-state index contributed by atoms with van der Waals surface area (Å²) >= 11 is 0. The molecule has 0 aromatic heterocycles. The predicted octanol–water partition coefficient (Wildman–Crippen LogP) is -0.413. The highest BCUT2D eigenvalue weighted by atomic mass is 16.5. The third-order valence-corrected chi connectivity index (χ3v) is 7.78. The standard InChI is InChI=1S/C21H35N5O3/c27-16-8-23-19(24-9-16)26-13-21-6-14-3-15(7-21)5-20(4-14,11-21)12-25-18(28)17-10-29-2-1-22-17/h14-17,22,27H,1-13H2,(H,25,28)(H2,23,24,26)/t14?,15?,17-,20?,21?/m1/s1. The number of guanidine groups is 1. The molecule has 0 aromatic carbocycles. The molecule has 4 saturated carbocycles. The number of rotatable bonds is 5. The number of carbonyl (C=O) groups is 1. The largest absolute Gasteiger partial charge is 0.389 e. The van der Waals surface area contributed by atoms with Crippen molar-refractivity contribution in [3.63, 3.8) is 0 Å². The zero-order chi connectivity index (χ0) is 19.9. The topological polar surface area (TPSA) is 107 Å². The van der Waals surface area contributed by atoms with E-state index < -0.39 is 0 Å². The molecule has 1 saturated heterocycles. The third-order valence-electron chi connectivity index (χ3n) is 7.78. The van der Waals surface area contributed by atoms with E-state index >= 15 is 0 Å². The maximum atomic E-state index is 12.6. The molecule has 0 spiro atoms. The van der Waals surface area contributed by atoms with Gasteiger partial charge >= 0.3 is 0 Å². The molecule has 6 rings (SSSR count). The number of morpholine rings is 1. The van der Waals surface area contributed by atoms with Crippen LogP contribution in [0.4, 0.5) is 0 Å². The number of nitrogens with zero attached hydrogens (tertiary/aromatic N) is 1. The number of hydrogen-bond acceptors (Lipinski definition) is 7. The second-order valence-corrected chi connectivity index (χ2v) is 10.3. The lowest BCUT2D eigenvalue weighted by Gasteiger charge is -2.62. The Kier molecular flexibility index (Phi) is 5.20. The van der Waals surface area contributed by atoms with Crippen molar-refractivity contribution < 1.29 is 14.6 Å². The lowest BCUT2D eigenvalue weighted by Crippen LogP contribution is -2.60. The van der Waals surface area contributed by atoms with Crippen LogP contribution in [0.25, 0.3) is 0 Å². The van der Waals surface area contributed by atoms with Gasteiger partial charge in [0, 0.05) is 26.2 Å². The molecule has 8 nitrogen and oxygen atoms in total. The molecule has 0 radical (unpaired) electrons. The number of hydrogen-bond donors (Lipinski definition) is 5. The number of nitrogens with one attached hydrogen (secondary N) is 4. The molecule has 8 heteroatoms. The van der Waals surface area contributed by atoms with Crippen LogP contribution in [0.3, 0.4) is 0 Å². The van der Waals surface area contributed by atoms with Crippen molar-refractivity contribution in [1.82, 2.24) is 21.3 Å². The highest BCUT2D eigenvalue weighted by Crippen LogP contribution is 2.64. The van der Waals surface area contributed by atoms with Crippen molar-refractivity contribution in [2.24, 2.45) is 27.7 Å². The van der Waals surface area contributed by atoms with Gasteiger partial charge in [0.05, 0.1) is 25.9 Å². The molecule has 6 aliphatic rings. The first-order chi connectivity index (χ1) is 14.0. The molecule has 1 amide bonds. The van der Waals surface area contributed by atoms with Gasteiger partial charge in [0.25, 0.3) is 0 Å². The van der Waals surface area contributed by atoms with Crippen molar-refractivity contribution in [1.29, 1.82) is 0 Å². The number of amides is 1. The summed E-state index contributed by atoms with van der Waals surface area (Å²) in [5, 5.41) is 22.9. The number of aliphatic hydroxyl groups is 1. The molecule has 2 aliphatic heterocycles. The highest BCUT2D eigenvalue weighted by Gasteiger charge is 2.57. The van der Waals surface area contributed by atoms with Crippen molar-refractivity contribution in [2.75, 3.05) is 45.9 Å². The minimum Gasteiger partial charge on any atom is -0.389 e. The minimum absolute atomic E-state index is 0.0898. The van der Waals surface area contributed by atoms with Crippen LogP contribution < -0.4 is 21.3 Å². The lowest BCUT2D eigenvalue weighted by molar-refractivity contribution is -0.131. The van der Waals surface area contributed by atoms with Crippen LogP contribution in [-0.2, 0) is 9.53 Å². The molecule has 3 unspecified atom stereocenters. The van der Waals surface area contributed by atoms with Crippen molar-refractivity contribution in [3.05, 3.63) is 0 Å². The smallest absolute Gasteiger partial charge is 0.239 e. The summed E-state index contributed by atoms with van der Waals surface area (Å²) in [7, 11) is 0. The quantitative estimate of drug-likeness (QED) is 0.426. The second kappa shape index (κ2) is 7.71. The highest BCUT2D eigenvalue weighted by molar-refractivity contribution is 5.82. The maximum Gasteiger partial charge on any atom is 0.239 e. The first-order valence-electron chi connectivity index (χ1n) is 11.3. The zero-order valence-electron chi connectivity index (χ0n) is 17.2. The summed E-state index contributed by atoms with van der Waals surface area (Å²) in [6.07, 6.45) is 7.26. The summed E-state index contributed by atoms with van der Waals surface area (Å²) in [5.74, 6) is 2.49. The lowest BCUT2D eigenvalue weighted by atomic mass is 9.44. The van der Waals surface area contributed by atoms with Gasteiger partial charge in [-0.25, -0.2) is 0 Å². The molecule has 162 valence electrons. The van der Waals surface area contributed by atoms with Crippen LogP contribution in [0.2, 0.25) is 0 Å². The van der Waals surface area contributed by atoms with Gasteiger partial charge in [-0.2, -0.15) is 0 Å². The number of carbonyl (C=O) groups excluding carboxylic acids is 1. The van der Waals surface area contributed by atoms with Gasteiger partial charge in [0.1, 0.15) is 6.04 Å². The summed E-state index contributed by atoms with van der Waals surface area (Å²) in [6, 6.07) is -0.209. The predicted molar refractivity (Wildman–Crippen MR) is 109 cm³/mol. The fourth-order valence-electron chi connectivity index (χ4n) is 7.12. The van der Waals surface area contributed by atoms with Gasteiger partial charge in [0.2, 0.25) is 5.91 Å². The van der Waals surface area contributed by atoms with Gasteiger partial charge in [-0.3, -0.25) is 9.79 Å². The molecule has 29 heavy (non-hydrogen) atoms. The van der Waals surface area contributed by atoms with Crippen LogP contribution in [-0.4, -0.2) is 75.1 Å². The Labute approximate surface area is 172 Å². The second-order valence-electron chi connectivity index (χ2n) is 10.3. The van der Waals surface area contributed by atoms with E-state index in [2.05, 4.69) is 26.3 Å². The van der Waals surface area contributed by atoms with Crippen molar-refractivity contribution >= 4 is 11.9 Å². The molecular formula is C21H35N5O3. The van der Waals surface area contributed by atoms with Crippen molar-refractivity contribution in [3.8, 4) is 0 Å². The molecular weight excluding hydrogens is 370 g/mol. The fourth-order valence-corrected chi connectivity index (χ4v) is 7.12. The third kappa shape index (κ3) is 4.11. The Bertz CT molecular complexity index is 649. The summed E-state index contributed by atoms with van der Waals surface area (Å²) in [4.78, 5) is 17.0. The van der Waals surface area contributed by atoms with E-state index in [1.807, 2.05) is 0 Å². The first kappa shape index (κ1) is 19.6. The van der Waals surface area contributed by atoms with Gasteiger partial charge in [-0.05, 0) is 61.2 Å². The minimum atomic E-state index is -0.379. The van der Waals surface area contributed by atoms with Crippen LogP contribution in [0.5, 0.6) is 0 Å². The Hall–Kier alpha value is -1.38. The first-order valence-corrected chi connectivity index (χ1v) is 11.3. The van der Waals surface area contributed by atoms with Crippen molar-refractivity contribution in [2.45, 2.75) is 50.7 Å². The average Bonchev–Trinajstić information content (AvgIpc) is 2.71. The van der Waals surface area contributed by atoms with Crippen LogP contribution in [0.15, 0.2) is 4.99 Å². The van der Waals surface area contributed by atoms with Crippen LogP contribution in [0, 0.1) is 22.7 Å². The molecule has 0 aromatic rings. The SMILES string of the molecule is O=C(NCC12CC3CC(C1)CC(CNC1=NCC(O)CN1)(C3)C2)[C@H]1COCCN1. The number of aliphatic imine (C=N–C) groups is 1. The van der Waals surface area contributed by atoms with E-state index in [9.17, 15) is 9.90 Å². The monoisotopic (exact) mass is 405 g/mol. The van der Waals surface area contributed by atoms with Gasteiger partial charge < -0.3 is 31.1 Å². The number of ether oxygens (including phenoxy) is 1. The van der Waals surface area contributed by atoms with E-state index in [1.54, 1.807) is 0 Å². The number of β-amino-alcohol motifs (C(OH)–C–C–N with tert-alkyl or cyclic N) is 1. The average molecular weight is 406 g/mol. The molecule has 4 atom stereocenters. The molecule has 4 aliphatic carbocycles. The zero-order valence-corrected chi connectivity index (χ0v) is 17.2. The number of aliphatic hydroxyl groups excluding tert-OH is 1. The van der Waals surface area contributed by atoms with Gasteiger partial charge in [0.15, 0.2) is 5.96 Å². The van der Waals surface area contributed by atoms with E-state index in [0.29, 0.717) is 31.7 Å². The Morgan fingerprint density at radius 1 is 1.21 bits per heavy atom. The summed E-state index contributed by atoms with van der Waals surface area (Å²) in [5.41, 5.74) is 0.552.